The van der Waals surface area contributed by atoms with E-state index in [2.05, 4.69) is 0 Å². The van der Waals surface area contributed by atoms with Crippen molar-refractivity contribution in [1.29, 1.82) is 0 Å². The molecule has 2 nitrogen and oxygen atoms in total. The Bertz CT molecular complexity index is 29.6. The topological polar surface area (TPSA) is 18.5 Å². The van der Waals surface area contributed by atoms with Crippen molar-refractivity contribution in [2.75, 3.05) is 26.9 Å². The molecule has 0 atom stereocenters. The Hall–Kier alpha value is 1.44. The summed E-state index contributed by atoms with van der Waals surface area (Å²) in [7, 11) is 1.67. The van der Waals surface area contributed by atoms with Gasteiger partial charge in [-0.1, -0.05) is 0 Å². The quantitative estimate of drug-likeness (QED) is 0.703. The molecule has 0 spiro atoms. The second-order valence-electron chi connectivity index (χ2n) is 1.19. The van der Waals surface area contributed by atoms with Gasteiger partial charge in [0.2, 0.25) is 0 Å². The molecule has 0 unspecified atom stereocenters. The minimum Gasteiger partial charge on any atom is -0.382 e. The van der Waals surface area contributed by atoms with Crippen LogP contribution >= 0.6 is 0 Å². The molecule has 0 aliphatic heterocycles. The van der Waals surface area contributed by atoms with Gasteiger partial charge in [-0.3, -0.25) is 0 Å². The van der Waals surface area contributed by atoms with E-state index in [0.29, 0.717) is 13.2 Å². The Balaban J connectivity index is 0. The van der Waals surface area contributed by atoms with Gasteiger partial charge in [-0.25, -0.2) is 0 Å². The summed E-state index contributed by atoms with van der Waals surface area (Å²) in [6, 6.07) is 0. The summed E-state index contributed by atoms with van der Waals surface area (Å²) < 4.78 is 9.67. The molecule has 0 saturated carbocycles. The third-order valence-corrected chi connectivity index (χ3v) is 0.636. The molecular formula is C5H12O2Yb. The number of hydrogen-bond donors (Lipinski definition) is 0. The van der Waals surface area contributed by atoms with Gasteiger partial charge < -0.3 is 9.47 Å². The van der Waals surface area contributed by atoms with Gasteiger partial charge in [-0.2, -0.15) is 0 Å². The molecule has 0 bridgehead atoms. The molecule has 0 rings (SSSR count). The normalized spacial score (nSPS) is 8.25. The Kier molecular flexibility index (Phi) is 17.1. The fourth-order valence-electron chi connectivity index (χ4n) is 0.287. The third-order valence-electron chi connectivity index (χ3n) is 0.636. The monoisotopic (exact) mass is 278 g/mol. The zero-order chi connectivity index (χ0) is 5.54. The molecule has 0 saturated heterocycles. The molecule has 0 N–H and O–H groups in total. The van der Waals surface area contributed by atoms with Crippen LogP contribution in [0.1, 0.15) is 6.92 Å². The van der Waals surface area contributed by atoms with E-state index in [-0.39, 0.29) is 46.9 Å². The van der Waals surface area contributed by atoms with Crippen molar-refractivity contribution in [3.8, 4) is 0 Å². The van der Waals surface area contributed by atoms with Crippen LogP contribution in [0, 0.1) is 46.9 Å². The third kappa shape index (κ3) is 10.4. The standard InChI is InChI=1S/C5H12O2.Yb/c1-3-7-5-4-6-2;/h3-5H2,1-2H3;. The summed E-state index contributed by atoms with van der Waals surface area (Å²) in [4.78, 5) is 0. The van der Waals surface area contributed by atoms with Crippen molar-refractivity contribution in [3.63, 3.8) is 0 Å². The van der Waals surface area contributed by atoms with Crippen molar-refractivity contribution in [2.24, 2.45) is 0 Å². The van der Waals surface area contributed by atoms with Crippen molar-refractivity contribution >= 4 is 0 Å². The first-order valence-corrected chi connectivity index (χ1v) is 2.48. The average molecular weight is 277 g/mol. The molecule has 0 aromatic carbocycles. The van der Waals surface area contributed by atoms with E-state index in [1.165, 1.54) is 0 Å². The van der Waals surface area contributed by atoms with Gasteiger partial charge in [-0.15, -0.1) is 0 Å². The van der Waals surface area contributed by atoms with Crippen LogP contribution in [0.25, 0.3) is 0 Å². The fourth-order valence-corrected chi connectivity index (χ4v) is 0.287. The molecule has 0 aliphatic carbocycles. The second kappa shape index (κ2) is 11.3. The van der Waals surface area contributed by atoms with Crippen molar-refractivity contribution < 1.29 is 56.4 Å². The molecule has 0 fully saturated rings. The molecule has 0 amide bonds. The van der Waals surface area contributed by atoms with Crippen molar-refractivity contribution in [1.82, 2.24) is 0 Å². The van der Waals surface area contributed by atoms with Gasteiger partial charge in [-0.05, 0) is 6.92 Å². The van der Waals surface area contributed by atoms with Crippen LogP contribution in [0.5, 0.6) is 0 Å². The molecule has 8 heavy (non-hydrogen) atoms. The minimum atomic E-state index is 0. The molecule has 0 aromatic heterocycles. The second-order valence-corrected chi connectivity index (χ2v) is 1.19. The Morgan fingerprint density at radius 1 is 1.25 bits per heavy atom. The van der Waals surface area contributed by atoms with Gasteiger partial charge >= 0.3 is 0 Å². The van der Waals surface area contributed by atoms with Crippen LogP contribution in [0.4, 0.5) is 0 Å². The van der Waals surface area contributed by atoms with Crippen LogP contribution in [-0.4, -0.2) is 26.9 Å². The summed E-state index contributed by atoms with van der Waals surface area (Å²) in [5.41, 5.74) is 0. The molecule has 0 aliphatic rings. The van der Waals surface area contributed by atoms with Crippen LogP contribution < -0.4 is 0 Å². The summed E-state index contributed by atoms with van der Waals surface area (Å²) in [5.74, 6) is 0. The van der Waals surface area contributed by atoms with E-state index in [9.17, 15) is 0 Å². The molecule has 0 radical (unpaired) electrons. The van der Waals surface area contributed by atoms with E-state index in [4.69, 9.17) is 9.47 Å². The van der Waals surface area contributed by atoms with E-state index >= 15 is 0 Å². The number of methoxy groups -OCH3 is 1. The molecule has 0 aromatic rings. The summed E-state index contributed by atoms with van der Waals surface area (Å²) >= 11 is 0. The molecule has 58 valence electrons. The number of rotatable bonds is 4. The van der Waals surface area contributed by atoms with Gasteiger partial charge in [0.25, 0.3) is 0 Å². The van der Waals surface area contributed by atoms with Gasteiger partial charge in [0.15, 0.2) is 0 Å². The summed E-state index contributed by atoms with van der Waals surface area (Å²) in [5, 5.41) is 0. The maximum absolute atomic E-state index is 4.95. The first kappa shape index (κ1) is 12.1. The van der Waals surface area contributed by atoms with Gasteiger partial charge in [0.1, 0.15) is 0 Å². The van der Waals surface area contributed by atoms with E-state index in [1.807, 2.05) is 6.92 Å². The zero-order valence-electron chi connectivity index (χ0n) is 5.21. The largest absolute Gasteiger partial charge is 0.382 e. The molecule has 3 heteroatoms. The first-order valence-electron chi connectivity index (χ1n) is 2.48. The number of hydrogen-bond acceptors (Lipinski definition) is 2. The van der Waals surface area contributed by atoms with Crippen LogP contribution in [0.2, 0.25) is 0 Å². The maximum Gasteiger partial charge on any atom is 0.0700 e. The van der Waals surface area contributed by atoms with E-state index < -0.39 is 0 Å². The van der Waals surface area contributed by atoms with E-state index in [0.717, 1.165) is 6.61 Å². The summed E-state index contributed by atoms with van der Waals surface area (Å²) in [6.45, 7) is 4.17. The predicted molar refractivity (Wildman–Crippen MR) is 28.4 cm³/mol. The van der Waals surface area contributed by atoms with Crippen LogP contribution in [0.3, 0.4) is 0 Å². The van der Waals surface area contributed by atoms with Crippen LogP contribution in [-0.2, 0) is 9.47 Å². The Labute approximate surface area is 89.2 Å². The van der Waals surface area contributed by atoms with Gasteiger partial charge in [0, 0.05) is 60.6 Å². The SMILES string of the molecule is CCOCCOC.[Yb]. The summed E-state index contributed by atoms with van der Waals surface area (Å²) in [6.07, 6.45) is 0. The minimum absolute atomic E-state index is 0. The van der Waals surface area contributed by atoms with Crippen LogP contribution in [0.15, 0.2) is 0 Å². The molecule has 0 heterocycles. The van der Waals surface area contributed by atoms with E-state index in [1.54, 1.807) is 7.11 Å². The predicted octanol–water partition coefficient (Wildman–Crippen LogP) is 0.669. The zero-order valence-corrected chi connectivity index (χ0v) is 6.92. The Morgan fingerprint density at radius 2 is 1.88 bits per heavy atom. The number of ether oxygens (including phenoxy) is 2. The average Bonchev–Trinajstić information content (AvgIpc) is 1.69. The maximum atomic E-state index is 4.95. The smallest absolute Gasteiger partial charge is 0.0700 e. The van der Waals surface area contributed by atoms with Crippen molar-refractivity contribution in [3.05, 3.63) is 0 Å². The Morgan fingerprint density at radius 3 is 2.25 bits per heavy atom. The molecular weight excluding hydrogens is 265 g/mol. The fraction of sp³-hybridized carbons (Fsp3) is 1.00. The van der Waals surface area contributed by atoms with Gasteiger partial charge in [0.05, 0.1) is 13.2 Å². The van der Waals surface area contributed by atoms with Crippen molar-refractivity contribution in [2.45, 2.75) is 6.92 Å². The first-order chi connectivity index (χ1) is 3.41.